The van der Waals surface area contributed by atoms with Gasteiger partial charge in [-0.3, -0.25) is 0 Å². The van der Waals surface area contributed by atoms with E-state index in [0.717, 1.165) is 12.8 Å². The Morgan fingerprint density at radius 1 is 1.00 bits per heavy atom. The van der Waals surface area contributed by atoms with Gasteiger partial charge in [0.15, 0.2) is 11.6 Å². The molecule has 2 aromatic carbocycles. The van der Waals surface area contributed by atoms with Crippen LogP contribution in [0.4, 0.5) is 8.78 Å². The predicted molar refractivity (Wildman–Crippen MR) is 70.5 cm³/mol. The SMILES string of the molecule is CCCc1ccc(-c2ccc(C#N)c(F)c2F)cc1. The Hall–Kier alpha value is -2.21. The summed E-state index contributed by atoms with van der Waals surface area (Å²) >= 11 is 0. The topological polar surface area (TPSA) is 23.8 Å². The molecule has 96 valence electrons. The summed E-state index contributed by atoms with van der Waals surface area (Å²) in [5, 5.41) is 8.64. The third-order valence-electron chi connectivity index (χ3n) is 3.01. The van der Waals surface area contributed by atoms with Gasteiger partial charge in [-0.2, -0.15) is 5.26 Å². The highest BCUT2D eigenvalue weighted by atomic mass is 19.2. The molecule has 0 fully saturated rings. The molecule has 2 aromatic rings. The van der Waals surface area contributed by atoms with Crippen molar-refractivity contribution in [2.24, 2.45) is 0 Å². The highest BCUT2D eigenvalue weighted by Crippen LogP contribution is 2.26. The maximum atomic E-state index is 13.9. The van der Waals surface area contributed by atoms with E-state index in [1.165, 1.54) is 17.7 Å². The summed E-state index contributed by atoms with van der Waals surface area (Å²) in [5.74, 6) is -2.06. The van der Waals surface area contributed by atoms with Gasteiger partial charge in [0, 0.05) is 5.56 Å². The van der Waals surface area contributed by atoms with Crippen molar-refractivity contribution in [1.29, 1.82) is 5.26 Å². The molecule has 0 saturated heterocycles. The van der Waals surface area contributed by atoms with Crippen molar-refractivity contribution < 1.29 is 8.78 Å². The van der Waals surface area contributed by atoms with Crippen LogP contribution in [0.2, 0.25) is 0 Å². The molecule has 0 aromatic heterocycles. The van der Waals surface area contributed by atoms with Gasteiger partial charge in [-0.05, 0) is 29.7 Å². The number of benzene rings is 2. The fourth-order valence-corrected chi connectivity index (χ4v) is 2.00. The molecule has 0 spiro atoms. The van der Waals surface area contributed by atoms with Gasteiger partial charge in [0.05, 0.1) is 5.56 Å². The summed E-state index contributed by atoms with van der Waals surface area (Å²) in [6.45, 7) is 2.09. The monoisotopic (exact) mass is 257 g/mol. The minimum Gasteiger partial charge on any atom is -0.203 e. The molecule has 3 heteroatoms. The van der Waals surface area contributed by atoms with Gasteiger partial charge in [0.1, 0.15) is 6.07 Å². The molecule has 0 aliphatic carbocycles. The molecule has 0 aliphatic heterocycles. The molecule has 1 nitrogen and oxygen atoms in total. The lowest BCUT2D eigenvalue weighted by Crippen LogP contribution is -1.94. The number of hydrogen-bond donors (Lipinski definition) is 0. The zero-order valence-electron chi connectivity index (χ0n) is 10.6. The molecule has 0 bridgehead atoms. The molecule has 0 aliphatic rings. The van der Waals surface area contributed by atoms with Crippen molar-refractivity contribution in [2.75, 3.05) is 0 Å². The number of halogens is 2. The second kappa shape index (κ2) is 5.62. The Kier molecular flexibility index (Phi) is 3.91. The van der Waals surface area contributed by atoms with Gasteiger partial charge in [-0.25, -0.2) is 8.78 Å². The van der Waals surface area contributed by atoms with E-state index in [1.807, 2.05) is 12.1 Å². The standard InChI is InChI=1S/C16H13F2N/c1-2-3-11-4-6-12(7-5-11)14-9-8-13(10-19)15(17)16(14)18/h4-9H,2-3H2,1H3. The maximum absolute atomic E-state index is 13.9. The molecule has 0 N–H and O–H groups in total. The highest BCUT2D eigenvalue weighted by Gasteiger charge is 2.14. The first kappa shape index (κ1) is 13.2. The summed E-state index contributed by atoms with van der Waals surface area (Å²) in [5.41, 5.74) is 1.69. The number of nitrogens with zero attached hydrogens (tertiary/aromatic N) is 1. The Balaban J connectivity index is 2.42. The Morgan fingerprint density at radius 2 is 1.68 bits per heavy atom. The van der Waals surface area contributed by atoms with E-state index in [2.05, 4.69) is 6.92 Å². The van der Waals surface area contributed by atoms with Crippen LogP contribution in [0.5, 0.6) is 0 Å². The summed E-state index contributed by atoms with van der Waals surface area (Å²) < 4.78 is 27.4. The molecular weight excluding hydrogens is 244 g/mol. The van der Waals surface area contributed by atoms with Crippen LogP contribution in [-0.4, -0.2) is 0 Å². The lowest BCUT2D eigenvalue weighted by atomic mass is 10.0. The average Bonchev–Trinajstić information content (AvgIpc) is 2.43. The fourth-order valence-electron chi connectivity index (χ4n) is 2.00. The first-order chi connectivity index (χ1) is 9.17. The van der Waals surface area contributed by atoms with Crippen molar-refractivity contribution in [1.82, 2.24) is 0 Å². The first-order valence-electron chi connectivity index (χ1n) is 6.14. The quantitative estimate of drug-likeness (QED) is 0.796. The van der Waals surface area contributed by atoms with Crippen LogP contribution in [0, 0.1) is 23.0 Å². The Labute approximate surface area is 111 Å². The number of nitriles is 1. The molecule has 0 unspecified atom stereocenters. The van der Waals surface area contributed by atoms with E-state index in [-0.39, 0.29) is 11.1 Å². The third-order valence-corrected chi connectivity index (χ3v) is 3.01. The molecular formula is C16H13F2N. The third kappa shape index (κ3) is 2.63. The van der Waals surface area contributed by atoms with Crippen molar-refractivity contribution in [3.63, 3.8) is 0 Å². The normalized spacial score (nSPS) is 10.2. The van der Waals surface area contributed by atoms with Crippen LogP contribution in [-0.2, 0) is 6.42 Å². The van der Waals surface area contributed by atoms with Gasteiger partial charge in [0.25, 0.3) is 0 Å². The van der Waals surface area contributed by atoms with E-state index in [4.69, 9.17) is 5.26 Å². The number of rotatable bonds is 3. The summed E-state index contributed by atoms with van der Waals surface area (Å²) in [4.78, 5) is 0. The van der Waals surface area contributed by atoms with E-state index < -0.39 is 11.6 Å². The summed E-state index contributed by atoms with van der Waals surface area (Å²) in [6.07, 6.45) is 2.00. The van der Waals surface area contributed by atoms with E-state index in [9.17, 15) is 8.78 Å². The number of hydrogen-bond acceptors (Lipinski definition) is 1. The van der Waals surface area contributed by atoms with Crippen LogP contribution >= 0.6 is 0 Å². The van der Waals surface area contributed by atoms with Crippen molar-refractivity contribution in [3.8, 4) is 17.2 Å². The highest BCUT2D eigenvalue weighted by molar-refractivity contribution is 5.65. The Bertz CT molecular complexity index is 624. The second-order valence-corrected chi connectivity index (χ2v) is 4.35. The van der Waals surface area contributed by atoms with Crippen LogP contribution in [0.25, 0.3) is 11.1 Å². The smallest absolute Gasteiger partial charge is 0.177 e. The van der Waals surface area contributed by atoms with Crippen molar-refractivity contribution in [2.45, 2.75) is 19.8 Å². The van der Waals surface area contributed by atoms with Crippen LogP contribution < -0.4 is 0 Å². The maximum Gasteiger partial charge on any atom is 0.177 e. The minimum atomic E-state index is -1.09. The first-order valence-corrected chi connectivity index (χ1v) is 6.14. The molecule has 0 saturated carbocycles. The lowest BCUT2D eigenvalue weighted by molar-refractivity contribution is 0.509. The van der Waals surface area contributed by atoms with E-state index in [1.54, 1.807) is 18.2 Å². The average molecular weight is 257 g/mol. The van der Waals surface area contributed by atoms with Gasteiger partial charge >= 0.3 is 0 Å². The van der Waals surface area contributed by atoms with Crippen LogP contribution in [0.3, 0.4) is 0 Å². The summed E-state index contributed by atoms with van der Waals surface area (Å²) in [6, 6.07) is 11.7. The van der Waals surface area contributed by atoms with Crippen LogP contribution in [0.15, 0.2) is 36.4 Å². The zero-order valence-corrected chi connectivity index (χ0v) is 10.6. The molecule has 0 radical (unpaired) electrons. The lowest BCUT2D eigenvalue weighted by Gasteiger charge is -2.06. The fraction of sp³-hybridized carbons (Fsp3) is 0.188. The van der Waals surface area contributed by atoms with Crippen molar-refractivity contribution >= 4 is 0 Å². The largest absolute Gasteiger partial charge is 0.203 e. The molecule has 0 atom stereocenters. The predicted octanol–water partition coefficient (Wildman–Crippen LogP) is 4.46. The van der Waals surface area contributed by atoms with Gasteiger partial charge in [-0.1, -0.05) is 37.6 Å². The molecule has 0 amide bonds. The number of aryl methyl sites for hydroxylation is 1. The zero-order chi connectivity index (χ0) is 13.8. The van der Waals surface area contributed by atoms with E-state index >= 15 is 0 Å². The molecule has 19 heavy (non-hydrogen) atoms. The van der Waals surface area contributed by atoms with E-state index in [0.29, 0.717) is 5.56 Å². The summed E-state index contributed by atoms with van der Waals surface area (Å²) in [7, 11) is 0. The van der Waals surface area contributed by atoms with Gasteiger partial charge < -0.3 is 0 Å². The van der Waals surface area contributed by atoms with Gasteiger partial charge in [0.2, 0.25) is 0 Å². The molecule has 2 rings (SSSR count). The van der Waals surface area contributed by atoms with Gasteiger partial charge in [-0.15, -0.1) is 0 Å². The minimum absolute atomic E-state index is 0.180. The second-order valence-electron chi connectivity index (χ2n) is 4.35. The molecule has 0 heterocycles. The van der Waals surface area contributed by atoms with Crippen molar-refractivity contribution in [3.05, 3.63) is 59.2 Å². The Morgan fingerprint density at radius 3 is 2.26 bits per heavy atom. The van der Waals surface area contributed by atoms with Crippen LogP contribution in [0.1, 0.15) is 24.5 Å².